The maximum absolute atomic E-state index is 12.5. The molecule has 1 heterocycles. The predicted octanol–water partition coefficient (Wildman–Crippen LogP) is 4.59. The summed E-state index contributed by atoms with van der Waals surface area (Å²) in [7, 11) is 0. The maximum atomic E-state index is 12.5. The number of nitrogens with one attached hydrogen (secondary N) is 1. The standard InChI is InChI=1S/C21H22Cl2N2O3/c1-2-18(28-19-10-7-15(22)12-17(19)23)21(27)24-13-14-5-8-16(9-6-14)25-11-3-4-20(25)26/h5-10,12,18H,2-4,11,13H2,1H3,(H,24,27). The Hall–Kier alpha value is -2.24. The first-order valence-electron chi connectivity index (χ1n) is 9.26. The quantitative estimate of drug-likeness (QED) is 0.711. The zero-order valence-electron chi connectivity index (χ0n) is 15.6. The number of halogens is 2. The van der Waals surface area contributed by atoms with Gasteiger partial charge in [0.15, 0.2) is 6.10 Å². The van der Waals surface area contributed by atoms with Gasteiger partial charge in [0.2, 0.25) is 5.91 Å². The molecular formula is C21H22Cl2N2O3. The van der Waals surface area contributed by atoms with Crippen molar-refractivity contribution in [1.29, 1.82) is 0 Å². The molecule has 5 nitrogen and oxygen atoms in total. The van der Waals surface area contributed by atoms with E-state index >= 15 is 0 Å². The van der Waals surface area contributed by atoms with Gasteiger partial charge in [-0.3, -0.25) is 9.59 Å². The van der Waals surface area contributed by atoms with Crippen LogP contribution in [0.5, 0.6) is 5.75 Å². The number of hydrogen-bond donors (Lipinski definition) is 1. The van der Waals surface area contributed by atoms with E-state index in [1.165, 1.54) is 0 Å². The van der Waals surface area contributed by atoms with E-state index in [4.69, 9.17) is 27.9 Å². The summed E-state index contributed by atoms with van der Waals surface area (Å²) in [5.41, 5.74) is 1.84. The highest BCUT2D eigenvalue weighted by Crippen LogP contribution is 2.28. The van der Waals surface area contributed by atoms with E-state index in [1.54, 1.807) is 23.1 Å². The van der Waals surface area contributed by atoms with Crippen LogP contribution >= 0.6 is 23.2 Å². The second-order valence-electron chi connectivity index (χ2n) is 6.62. The molecule has 7 heteroatoms. The van der Waals surface area contributed by atoms with Gasteiger partial charge < -0.3 is 15.0 Å². The van der Waals surface area contributed by atoms with Crippen molar-refractivity contribution in [1.82, 2.24) is 5.32 Å². The highest BCUT2D eigenvalue weighted by molar-refractivity contribution is 6.35. The minimum atomic E-state index is -0.653. The summed E-state index contributed by atoms with van der Waals surface area (Å²) in [5.74, 6) is 0.366. The van der Waals surface area contributed by atoms with Gasteiger partial charge in [-0.05, 0) is 48.7 Å². The summed E-state index contributed by atoms with van der Waals surface area (Å²) in [5, 5.41) is 3.76. The molecule has 1 aliphatic heterocycles. The van der Waals surface area contributed by atoms with Crippen LogP contribution in [-0.4, -0.2) is 24.5 Å². The molecule has 1 aliphatic rings. The molecule has 0 spiro atoms. The second kappa shape index (κ2) is 9.30. The van der Waals surface area contributed by atoms with Crippen LogP contribution in [-0.2, 0) is 16.1 Å². The molecular weight excluding hydrogens is 399 g/mol. The van der Waals surface area contributed by atoms with Crippen molar-refractivity contribution >= 4 is 40.7 Å². The van der Waals surface area contributed by atoms with Gasteiger partial charge in [0, 0.05) is 30.2 Å². The number of rotatable bonds is 7. The molecule has 2 amide bonds. The lowest BCUT2D eigenvalue weighted by molar-refractivity contribution is -0.128. The summed E-state index contributed by atoms with van der Waals surface area (Å²) >= 11 is 12.0. The first-order valence-corrected chi connectivity index (χ1v) is 10.0. The topological polar surface area (TPSA) is 58.6 Å². The molecule has 2 aromatic carbocycles. The molecule has 0 aromatic heterocycles. The molecule has 1 atom stereocenters. The Kier molecular flexibility index (Phi) is 6.81. The Labute approximate surface area is 174 Å². The van der Waals surface area contributed by atoms with E-state index in [0.717, 1.165) is 24.2 Å². The Morgan fingerprint density at radius 1 is 1.21 bits per heavy atom. The maximum Gasteiger partial charge on any atom is 0.261 e. The lowest BCUT2D eigenvalue weighted by Gasteiger charge is -2.19. The molecule has 1 fully saturated rings. The molecule has 0 aliphatic carbocycles. The number of benzene rings is 2. The SMILES string of the molecule is CCC(Oc1ccc(Cl)cc1Cl)C(=O)NCc1ccc(N2CCCC2=O)cc1. The molecule has 148 valence electrons. The fourth-order valence-corrected chi connectivity index (χ4v) is 3.52. The van der Waals surface area contributed by atoms with Gasteiger partial charge in [-0.2, -0.15) is 0 Å². The molecule has 2 aromatic rings. The molecule has 1 saturated heterocycles. The highest BCUT2D eigenvalue weighted by Gasteiger charge is 2.22. The van der Waals surface area contributed by atoms with Crippen molar-refractivity contribution in [2.24, 2.45) is 0 Å². The highest BCUT2D eigenvalue weighted by atomic mass is 35.5. The third-order valence-corrected chi connectivity index (χ3v) is 5.15. The van der Waals surface area contributed by atoms with E-state index in [0.29, 0.717) is 35.2 Å². The second-order valence-corrected chi connectivity index (χ2v) is 7.47. The number of hydrogen-bond acceptors (Lipinski definition) is 3. The summed E-state index contributed by atoms with van der Waals surface area (Å²) < 4.78 is 5.75. The van der Waals surface area contributed by atoms with Gasteiger partial charge in [0.25, 0.3) is 5.91 Å². The van der Waals surface area contributed by atoms with E-state index < -0.39 is 6.10 Å². The molecule has 3 rings (SSSR count). The Morgan fingerprint density at radius 3 is 2.57 bits per heavy atom. The van der Waals surface area contributed by atoms with Gasteiger partial charge in [0.1, 0.15) is 5.75 Å². The van der Waals surface area contributed by atoms with E-state index in [1.807, 2.05) is 31.2 Å². The minimum Gasteiger partial charge on any atom is -0.479 e. The van der Waals surface area contributed by atoms with Crippen molar-refractivity contribution in [3.05, 3.63) is 58.1 Å². The van der Waals surface area contributed by atoms with E-state index in [-0.39, 0.29) is 11.8 Å². The number of amides is 2. The monoisotopic (exact) mass is 420 g/mol. The summed E-state index contributed by atoms with van der Waals surface area (Å²) in [6.45, 7) is 3.01. The zero-order chi connectivity index (χ0) is 20.1. The van der Waals surface area contributed by atoms with Crippen LogP contribution in [0.4, 0.5) is 5.69 Å². The number of anilines is 1. The number of ether oxygens (including phenoxy) is 1. The molecule has 1 unspecified atom stereocenters. The molecule has 0 saturated carbocycles. The Balaban J connectivity index is 1.56. The Morgan fingerprint density at radius 2 is 1.96 bits per heavy atom. The normalized spacial score (nSPS) is 14.8. The van der Waals surface area contributed by atoms with Crippen LogP contribution in [0.3, 0.4) is 0 Å². The smallest absolute Gasteiger partial charge is 0.261 e. The summed E-state index contributed by atoms with van der Waals surface area (Å²) in [6.07, 6.45) is 1.35. The fourth-order valence-electron chi connectivity index (χ4n) is 3.06. The number of carbonyl (C=O) groups excluding carboxylic acids is 2. The fraction of sp³-hybridized carbons (Fsp3) is 0.333. The lowest BCUT2D eigenvalue weighted by Crippen LogP contribution is -2.37. The van der Waals surface area contributed by atoms with Gasteiger partial charge in [0.05, 0.1) is 5.02 Å². The van der Waals surface area contributed by atoms with Crippen LogP contribution in [0.1, 0.15) is 31.7 Å². The number of nitrogens with zero attached hydrogens (tertiary/aromatic N) is 1. The summed E-state index contributed by atoms with van der Waals surface area (Å²) in [4.78, 5) is 26.1. The zero-order valence-corrected chi connectivity index (χ0v) is 17.1. The van der Waals surface area contributed by atoms with Crippen molar-refractivity contribution in [2.75, 3.05) is 11.4 Å². The van der Waals surface area contributed by atoms with Gasteiger partial charge in [-0.1, -0.05) is 42.3 Å². The van der Waals surface area contributed by atoms with Gasteiger partial charge >= 0.3 is 0 Å². The summed E-state index contributed by atoms with van der Waals surface area (Å²) in [6, 6.07) is 12.5. The molecule has 28 heavy (non-hydrogen) atoms. The van der Waals surface area contributed by atoms with Crippen molar-refractivity contribution < 1.29 is 14.3 Å². The number of carbonyl (C=O) groups is 2. The average molecular weight is 421 g/mol. The van der Waals surface area contributed by atoms with Crippen molar-refractivity contribution in [2.45, 2.75) is 38.8 Å². The van der Waals surface area contributed by atoms with Crippen LogP contribution in [0.25, 0.3) is 0 Å². The van der Waals surface area contributed by atoms with Crippen molar-refractivity contribution in [3.63, 3.8) is 0 Å². The minimum absolute atomic E-state index is 0.157. The molecule has 1 N–H and O–H groups in total. The van der Waals surface area contributed by atoms with Crippen LogP contribution in [0.15, 0.2) is 42.5 Å². The predicted molar refractivity (Wildman–Crippen MR) is 111 cm³/mol. The molecule has 0 bridgehead atoms. The first-order chi connectivity index (χ1) is 13.5. The first kappa shape index (κ1) is 20.5. The Bertz CT molecular complexity index is 855. The van der Waals surface area contributed by atoms with Gasteiger partial charge in [-0.15, -0.1) is 0 Å². The third-order valence-electron chi connectivity index (χ3n) is 4.61. The largest absolute Gasteiger partial charge is 0.479 e. The van der Waals surface area contributed by atoms with Crippen LogP contribution in [0.2, 0.25) is 10.0 Å². The molecule has 0 radical (unpaired) electrons. The van der Waals surface area contributed by atoms with Gasteiger partial charge in [-0.25, -0.2) is 0 Å². The lowest BCUT2D eigenvalue weighted by atomic mass is 10.2. The van der Waals surface area contributed by atoms with Crippen LogP contribution < -0.4 is 15.0 Å². The van der Waals surface area contributed by atoms with Crippen LogP contribution in [0, 0.1) is 0 Å². The average Bonchev–Trinajstić information content (AvgIpc) is 3.12. The van der Waals surface area contributed by atoms with Crippen molar-refractivity contribution in [3.8, 4) is 5.75 Å². The van der Waals surface area contributed by atoms with E-state index in [2.05, 4.69) is 5.32 Å². The third kappa shape index (κ3) is 4.97. The van der Waals surface area contributed by atoms with E-state index in [9.17, 15) is 9.59 Å².